The average molecular weight is 291 g/mol. The molecule has 0 radical (unpaired) electrons. The topological polar surface area (TPSA) is 37.8 Å². The minimum absolute atomic E-state index is 0.486. The highest BCUT2D eigenvalue weighted by atomic mass is 127. The van der Waals surface area contributed by atoms with Crippen molar-refractivity contribution in [2.24, 2.45) is 0 Å². The summed E-state index contributed by atoms with van der Waals surface area (Å²) in [7, 11) is 0. The smallest absolute Gasteiger partial charge is 0.222 e. The van der Waals surface area contributed by atoms with Crippen LogP contribution in [-0.2, 0) is 0 Å². The van der Waals surface area contributed by atoms with E-state index >= 15 is 0 Å². The fraction of sp³-hybridized carbons (Fsp3) is 0.556. The van der Waals surface area contributed by atoms with Crippen LogP contribution in [0.2, 0.25) is 0 Å². The molecule has 0 atom stereocenters. The summed E-state index contributed by atoms with van der Waals surface area (Å²) in [5.74, 6) is 0.731. The van der Waals surface area contributed by atoms with Gasteiger partial charge in [0.1, 0.15) is 0 Å². The normalized spacial score (nSPS) is 10.5. The summed E-state index contributed by atoms with van der Waals surface area (Å²) in [6.45, 7) is 4.32. The van der Waals surface area contributed by atoms with Gasteiger partial charge in [-0.1, -0.05) is 13.8 Å². The summed E-state index contributed by atoms with van der Waals surface area (Å²) in [4.78, 5) is 8.37. The molecule has 72 valence electrons. The molecule has 0 fully saturated rings. The van der Waals surface area contributed by atoms with Crippen LogP contribution in [0.3, 0.4) is 0 Å². The fourth-order valence-corrected chi connectivity index (χ4v) is 1.34. The van der Waals surface area contributed by atoms with Crippen LogP contribution < -0.4 is 5.32 Å². The highest BCUT2D eigenvalue weighted by molar-refractivity contribution is 14.1. The summed E-state index contributed by atoms with van der Waals surface area (Å²) in [6.07, 6.45) is 5.84. The summed E-state index contributed by atoms with van der Waals surface area (Å²) >= 11 is 2.20. The Morgan fingerprint density at radius 1 is 1.31 bits per heavy atom. The molecule has 0 aliphatic heterocycles. The third kappa shape index (κ3) is 3.46. The van der Waals surface area contributed by atoms with Crippen molar-refractivity contribution in [2.45, 2.75) is 32.7 Å². The van der Waals surface area contributed by atoms with Crippen molar-refractivity contribution >= 4 is 28.5 Å². The van der Waals surface area contributed by atoms with Gasteiger partial charge in [0.2, 0.25) is 5.95 Å². The number of halogens is 1. The molecule has 0 aromatic carbocycles. The molecule has 3 nitrogen and oxygen atoms in total. The largest absolute Gasteiger partial charge is 0.352 e. The van der Waals surface area contributed by atoms with Gasteiger partial charge in [0.05, 0.1) is 0 Å². The first kappa shape index (κ1) is 10.7. The van der Waals surface area contributed by atoms with E-state index in [4.69, 9.17) is 0 Å². The third-order valence-electron chi connectivity index (χ3n) is 1.94. The van der Waals surface area contributed by atoms with E-state index in [9.17, 15) is 0 Å². The molecular formula is C9H14IN3. The van der Waals surface area contributed by atoms with Crippen LogP contribution in [0.15, 0.2) is 12.4 Å². The lowest BCUT2D eigenvalue weighted by molar-refractivity contribution is 0.664. The highest BCUT2D eigenvalue weighted by Crippen LogP contribution is 2.07. The molecule has 1 aromatic rings. The molecule has 1 heterocycles. The molecule has 1 aromatic heterocycles. The van der Waals surface area contributed by atoms with E-state index in [1.165, 1.54) is 0 Å². The first-order valence-electron chi connectivity index (χ1n) is 4.50. The maximum Gasteiger partial charge on any atom is 0.222 e. The molecule has 13 heavy (non-hydrogen) atoms. The molecule has 0 aliphatic rings. The van der Waals surface area contributed by atoms with Gasteiger partial charge in [0, 0.05) is 22.0 Å². The monoisotopic (exact) mass is 291 g/mol. The SMILES string of the molecule is CCC(CC)Nc1ncc(I)cn1. The fourth-order valence-electron chi connectivity index (χ4n) is 1.06. The van der Waals surface area contributed by atoms with E-state index < -0.39 is 0 Å². The van der Waals surface area contributed by atoms with Gasteiger partial charge in [0.25, 0.3) is 0 Å². The van der Waals surface area contributed by atoms with Crippen LogP contribution >= 0.6 is 22.6 Å². The van der Waals surface area contributed by atoms with Crippen molar-refractivity contribution in [1.29, 1.82) is 0 Å². The van der Waals surface area contributed by atoms with E-state index in [0.29, 0.717) is 6.04 Å². The van der Waals surface area contributed by atoms with Crippen molar-refractivity contribution in [3.8, 4) is 0 Å². The number of aromatic nitrogens is 2. The summed E-state index contributed by atoms with van der Waals surface area (Å²) in [5, 5.41) is 3.28. The molecule has 1 rings (SSSR count). The molecular weight excluding hydrogens is 277 g/mol. The second-order valence-electron chi connectivity index (χ2n) is 2.88. The van der Waals surface area contributed by atoms with Crippen molar-refractivity contribution in [1.82, 2.24) is 9.97 Å². The van der Waals surface area contributed by atoms with Gasteiger partial charge in [-0.05, 0) is 35.4 Å². The summed E-state index contributed by atoms with van der Waals surface area (Å²) < 4.78 is 1.06. The maximum absolute atomic E-state index is 4.18. The number of nitrogens with one attached hydrogen (secondary N) is 1. The Kier molecular flexibility index (Phi) is 4.41. The lowest BCUT2D eigenvalue weighted by atomic mass is 10.2. The van der Waals surface area contributed by atoms with Crippen LogP contribution in [0, 0.1) is 3.57 Å². The van der Waals surface area contributed by atoms with Crippen LogP contribution in [0.5, 0.6) is 0 Å². The van der Waals surface area contributed by atoms with Gasteiger partial charge in [0.15, 0.2) is 0 Å². The molecule has 0 unspecified atom stereocenters. The molecule has 4 heteroatoms. The second kappa shape index (κ2) is 5.36. The highest BCUT2D eigenvalue weighted by Gasteiger charge is 2.03. The first-order chi connectivity index (χ1) is 6.26. The third-order valence-corrected chi connectivity index (χ3v) is 2.50. The Balaban J connectivity index is 2.58. The second-order valence-corrected chi connectivity index (χ2v) is 4.13. The number of hydrogen-bond acceptors (Lipinski definition) is 3. The molecule has 0 aliphatic carbocycles. The molecule has 0 spiro atoms. The predicted octanol–water partition coefficient (Wildman–Crippen LogP) is 2.68. The summed E-state index contributed by atoms with van der Waals surface area (Å²) in [5.41, 5.74) is 0. The van der Waals surface area contributed by atoms with Crippen molar-refractivity contribution in [3.05, 3.63) is 16.0 Å². The lowest BCUT2D eigenvalue weighted by Gasteiger charge is -2.13. The maximum atomic E-state index is 4.18. The molecule has 1 N–H and O–H groups in total. The zero-order chi connectivity index (χ0) is 9.68. The first-order valence-corrected chi connectivity index (χ1v) is 5.58. The van der Waals surface area contributed by atoms with E-state index in [-0.39, 0.29) is 0 Å². The molecule has 0 saturated heterocycles. The molecule has 0 amide bonds. The van der Waals surface area contributed by atoms with Crippen molar-refractivity contribution in [3.63, 3.8) is 0 Å². The number of nitrogens with zero attached hydrogens (tertiary/aromatic N) is 2. The average Bonchev–Trinajstić information content (AvgIpc) is 2.17. The van der Waals surface area contributed by atoms with E-state index in [2.05, 4.69) is 51.7 Å². The van der Waals surface area contributed by atoms with Crippen molar-refractivity contribution < 1.29 is 0 Å². The number of rotatable bonds is 4. The lowest BCUT2D eigenvalue weighted by Crippen LogP contribution is -2.18. The quantitative estimate of drug-likeness (QED) is 0.867. The standard InChI is InChI=1S/C9H14IN3/c1-3-8(4-2)13-9-11-5-7(10)6-12-9/h5-6,8H,3-4H2,1-2H3,(H,11,12,13). The van der Waals surface area contributed by atoms with E-state index in [1.54, 1.807) is 0 Å². The van der Waals surface area contributed by atoms with Crippen LogP contribution in [0.1, 0.15) is 26.7 Å². The Hall–Kier alpha value is -0.390. The minimum atomic E-state index is 0.486. The zero-order valence-electron chi connectivity index (χ0n) is 7.92. The number of anilines is 1. The van der Waals surface area contributed by atoms with Crippen LogP contribution in [0.25, 0.3) is 0 Å². The molecule has 0 bridgehead atoms. The summed E-state index contributed by atoms with van der Waals surface area (Å²) in [6, 6.07) is 0.486. The minimum Gasteiger partial charge on any atom is -0.352 e. The van der Waals surface area contributed by atoms with Gasteiger partial charge in [-0.2, -0.15) is 0 Å². The van der Waals surface area contributed by atoms with Gasteiger partial charge in [-0.3, -0.25) is 0 Å². The van der Waals surface area contributed by atoms with Gasteiger partial charge >= 0.3 is 0 Å². The van der Waals surface area contributed by atoms with Crippen LogP contribution in [0.4, 0.5) is 5.95 Å². The Morgan fingerprint density at radius 2 is 1.85 bits per heavy atom. The Morgan fingerprint density at radius 3 is 2.31 bits per heavy atom. The predicted molar refractivity (Wildman–Crippen MR) is 62.7 cm³/mol. The number of hydrogen-bond donors (Lipinski definition) is 1. The van der Waals surface area contributed by atoms with Gasteiger partial charge < -0.3 is 5.32 Å². The zero-order valence-corrected chi connectivity index (χ0v) is 10.1. The van der Waals surface area contributed by atoms with Crippen molar-refractivity contribution in [2.75, 3.05) is 5.32 Å². The van der Waals surface area contributed by atoms with Gasteiger partial charge in [-0.15, -0.1) is 0 Å². The Bertz CT molecular complexity index is 244. The van der Waals surface area contributed by atoms with Crippen LogP contribution in [-0.4, -0.2) is 16.0 Å². The van der Waals surface area contributed by atoms with E-state index in [0.717, 1.165) is 22.4 Å². The van der Waals surface area contributed by atoms with E-state index in [1.807, 2.05) is 12.4 Å². The van der Waals surface area contributed by atoms with Gasteiger partial charge in [-0.25, -0.2) is 9.97 Å². The Labute approximate surface area is 92.5 Å². The molecule has 0 saturated carbocycles.